The molecule has 4 nitrogen and oxygen atoms in total. The number of benzene rings is 1. The Hall–Kier alpha value is -1.51. The molecule has 0 aliphatic heterocycles. The monoisotopic (exact) mass is 306 g/mol. The van der Waals surface area contributed by atoms with E-state index in [1.807, 2.05) is 13.0 Å². The van der Waals surface area contributed by atoms with Crippen LogP contribution in [0.15, 0.2) is 11.0 Å². The van der Waals surface area contributed by atoms with E-state index in [2.05, 4.69) is 5.92 Å². The van der Waals surface area contributed by atoms with Crippen LogP contribution in [-0.4, -0.2) is 25.8 Å². The van der Waals surface area contributed by atoms with Crippen LogP contribution < -0.4 is 5.73 Å². The lowest BCUT2D eigenvalue weighted by molar-refractivity contribution is 0.429. The second-order valence-corrected chi connectivity index (χ2v) is 7.70. The van der Waals surface area contributed by atoms with E-state index < -0.39 is 10.0 Å². The first-order valence-electron chi connectivity index (χ1n) is 7.09. The van der Waals surface area contributed by atoms with Gasteiger partial charge in [-0.3, -0.25) is 0 Å². The van der Waals surface area contributed by atoms with E-state index in [1.54, 1.807) is 13.8 Å². The number of sulfonamides is 1. The van der Waals surface area contributed by atoms with Crippen LogP contribution in [0.4, 0.5) is 5.69 Å². The quantitative estimate of drug-likeness (QED) is 0.670. The highest BCUT2D eigenvalue weighted by atomic mass is 32.2. The van der Waals surface area contributed by atoms with Gasteiger partial charge in [0, 0.05) is 12.2 Å². The number of hydrogen-bond acceptors (Lipinski definition) is 3. The Labute approximate surface area is 127 Å². The van der Waals surface area contributed by atoms with E-state index in [9.17, 15) is 8.42 Å². The third-order valence-electron chi connectivity index (χ3n) is 3.98. The maximum Gasteiger partial charge on any atom is 0.244 e. The average molecular weight is 306 g/mol. The van der Waals surface area contributed by atoms with Crippen LogP contribution in [0.25, 0.3) is 0 Å². The summed E-state index contributed by atoms with van der Waals surface area (Å²) in [5.41, 5.74) is 8.78. The Morgan fingerprint density at radius 2 is 1.95 bits per heavy atom. The van der Waals surface area contributed by atoms with Gasteiger partial charge in [0.05, 0.1) is 11.4 Å². The molecule has 0 saturated heterocycles. The van der Waals surface area contributed by atoms with Crippen molar-refractivity contribution in [3.05, 3.63) is 22.8 Å². The fourth-order valence-electron chi connectivity index (χ4n) is 2.65. The fraction of sp³-hybridized carbons (Fsp3) is 0.500. The van der Waals surface area contributed by atoms with Crippen LogP contribution in [0.5, 0.6) is 0 Å². The number of anilines is 1. The topological polar surface area (TPSA) is 63.4 Å². The molecule has 0 aromatic heterocycles. The molecule has 114 valence electrons. The molecule has 5 heteroatoms. The first-order valence-corrected chi connectivity index (χ1v) is 8.53. The van der Waals surface area contributed by atoms with E-state index in [0.717, 1.165) is 24.0 Å². The van der Waals surface area contributed by atoms with Crippen LogP contribution in [0.2, 0.25) is 0 Å². The van der Waals surface area contributed by atoms with Gasteiger partial charge in [0.25, 0.3) is 0 Å². The third-order valence-corrected chi connectivity index (χ3v) is 6.09. The smallest absolute Gasteiger partial charge is 0.244 e. The Balaban J connectivity index is 2.51. The molecule has 1 aromatic carbocycles. The predicted molar refractivity (Wildman–Crippen MR) is 85.4 cm³/mol. The zero-order chi connectivity index (χ0) is 15.8. The van der Waals surface area contributed by atoms with Crippen molar-refractivity contribution in [3.8, 4) is 12.3 Å². The molecule has 0 radical (unpaired) electrons. The zero-order valence-corrected chi connectivity index (χ0v) is 13.6. The van der Waals surface area contributed by atoms with Gasteiger partial charge in [-0.15, -0.1) is 6.42 Å². The first-order chi connectivity index (χ1) is 9.78. The van der Waals surface area contributed by atoms with E-state index in [4.69, 9.17) is 12.2 Å². The minimum Gasteiger partial charge on any atom is -0.398 e. The van der Waals surface area contributed by atoms with Gasteiger partial charge in [-0.25, -0.2) is 8.42 Å². The van der Waals surface area contributed by atoms with Gasteiger partial charge in [-0.1, -0.05) is 12.0 Å². The van der Waals surface area contributed by atoms with Crippen molar-refractivity contribution in [1.82, 2.24) is 4.31 Å². The standard InChI is InChI=1S/C16H22N2O2S/c1-5-8-18(10-14-6-7-14)21(19,20)16-12(3)9-11(2)15(17)13(16)4/h1,9,14H,6-8,10,17H2,2-4H3. The van der Waals surface area contributed by atoms with Crippen molar-refractivity contribution < 1.29 is 8.42 Å². The zero-order valence-electron chi connectivity index (χ0n) is 12.8. The van der Waals surface area contributed by atoms with Crippen molar-refractivity contribution >= 4 is 15.7 Å². The summed E-state index contributed by atoms with van der Waals surface area (Å²) in [5, 5.41) is 0. The molecule has 21 heavy (non-hydrogen) atoms. The van der Waals surface area contributed by atoms with Crippen molar-refractivity contribution in [2.45, 2.75) is 38.5 Å². The highest BCUT2D eigenvalue weighted by Gasteiger charge is 2.33. The summed E-state index contributed by atoms with van der Waals surface area (Å²) >= 11 is 0. The summed E-state index contributed by atoms with van der Waals surface area (Å²) < 4.78 is 27.3. The van der Waals surface area contributed by atoms with Gasteiger partial charge in [0.15, 0.2) is 0 Å². The minimum absolute atomic E-state index is 0.103. The van der Waals surface area contributed by atoms with Gasteiger partial charge in [-0.2, -0.15) is 4.31 Å². The van der Waals surface area contributed by atoms with Crippen LogP contribution in [0.1, 0.15) is 29.5 Å². The van der Waals surface area contributed by atoms with Gasteiger partial charge in [0.2, 0.25) is 10.0 Å². The number of nitrogen functional groups attached to an aromatic ring is 1. The molecule has 0 heterocycles. The summed E-state index contributed by atoms with van der Waals surface area (Å²) in [6, 6.07) is 1.82. The summed E-state index contributed by atoms with van der Waals surface area (Å²) in [4.78, 5) is 0.307. The Bertz CT molecular complexity index is 698. The Kier molecular flexibility index (Phi) is 4.31. The maximum absolute atomic E-state index is 13.0. The SMILES string of the molecule is C#CCN(CC1CC1)S(=O)(=O)c1c(C)cc(C)c(N)c1C. The van der Waals surface area contributed by atoms with Gasteiger partial charge < -0.3 is 5.73 Å². The first kappa shape index (κ1) is 15.9. The summed E-state index contributed by atoms with van der Waals surface area (Å²) in [6.07, 6.45) is 7.50. The molecule has 1 fully saturated rings. The second-order valence-electron chi connectivity index (χ2n) is 5.82. The number of hydrogen-bond donors (Lipinski definition) is 1. The molecule has 0 atom stereocenters. The molecular formula is C16H22N2O2S. The average Bonchev–Trinajstić information content (AvgIpc) is 3.19. The lowest BCUT2D eigenvalue weighted by Crippen LogP contribution is -2.34. The van der Waals surface area contributed by atoms with E-state index in [-0.39, 0.29) is 6.54 Å². The molecule has 0 amide bonds. The fourth-order valence-corrected chi connectivity index (χ4v) is 4.52. The number of aryl methyl sites for hydroxylation is 2. The van der Waals surface area contributed by atoms with E-state index in [1.165, 1.54) is 4.31 Å². The lowest BCUT2D eigenvalue weighted by Gasteiger charge is -2.23. The van der Waals surface area contributed by atoms with Gasteiger partial charge in [0.1, 0.15) is 0 Å². The maximum atomic E-state index is 13.0. The summed E-state index contributed by atoms with van der Waals surface area (Å²) in [5.74, 6) is 2.90. The molecule has 1 aromatic rings. The molecule has 2 rings (SSSR count). The Morgan fingerprint density at radius 1 is 1.33 bits per heavy atom. The molecule has 1 saturated carbocycles. The summed E-state index contributed by atoms with van der Waals surface area (Å²) in [7, 11) is -3.61. The van der Waals surface area contributed by atoms with Crippen LogP contribution in [0.3, 0.4) is 0 Å². The summed E-state index contributed by atoms with van der Waals surface area (Å²) in [6.45, 7) is 6.05. The van der Waals surface area contributed by atoms with Gasteiger partial charge in [-0.05, 0) is 56.2 Å². The molecule has 0 spiro atoms. The molecular weight excluding hydrogens is 284 g/mol. The highest BCUT2D eigenvalue weighted by Crippen LogP contribution is 2.34. The van der Waals surface area contributed by atoms with Crippen LogP contribution >= 0.6 is 0 Å². The second kappa shape index (κ2) is 5.70. The molecule has 0 unspecified atom stereocenters. The van der Waals surface area contributed by atoms with Crippen molar-refractivity contribution in [3.63, 3.8) is 0 Å². The number of rotatable bonds is 5. The molecule has 1 aliphatic carbocycles. The van der Waals surface area contributed by atoms with E-state index >= 15 is 0 Å². The van der Waals surface area contributed by atoms with Crippen LogP contribution in [0, 0.1) is 39.0 Å². The normalized spacial score (nSPS) is 15.2. The number of nitrogens with two attached hydrogens (primary N) is 1. The minimum atomic E-state index is -3.61. The molecule has 0 bridgehead atoms. The number of terminal acetylenes is 1. The van der Waals surface area contributed by atoms with Gasteiger partial charge >= 0.3 is 0 Å². The van der Waals surface area contributed by atoms with E-state index in [0.29, 0.717) is 28.6 Å². The highest BCUT2D eigenvalue weighted by molar-refractivity contribution is 7.89. The van der Waals surface area contributed by atoms with Crippen LogP contribution in [-0.2, 0) is 10.0 Å². The Morgan fingerprint density at radius 3 is 2.48 bits per heavy atom. The third kappa shape index (κ3) is 3.07. The van der Waals surface area contributed by atoms with Crippen molar-refractivity contribution in [1.29, 1.82) is 0 Å². The predicted octanol–water partition coefficient (Wildman–Crippen LogP) is 2.23. The lowest BCUT2D eigenvalue weighted by atomic mass is 10.1. The largest absolute Gasteiger partial charge is 0.398 e. The molecule has 2 N–H and O–H groups in total. The van der Waals surface area contributed by atoms with Crippen molar-refractivity contribution in [2.75, 3.05) is 18.8 Å². The number of nitrogens with zero attached hydrogens (tertiary/aromatic N) is 1. The van der Waals surface area contributed by atoms with Crippen molar-refractivity contribution in [2.24, 2.45) is 5.92 Å². The molecule has 1 aliphatic rings.